The van der Waals surface area contributed by atoms with Crippen LogP contribution < -0.4 is 11.1 Å². The third-order valence-corrected chi connectivity index (χ3v) is 5.21. The Kier molecular flexibility index (Phi) is 4.99. The van der Waals surface area contributed by atoms with Crippen molar-refractivity contribution in [2.75, 3.05) is 24.6 Å². The minimum Gasteiger partial charge on any atom is -0.352 e. The van der Waals surface area contributed by atoms with E-state index in [1.54, 1.807) is 24.3 Å². The highest BCUT2D eigenvalue weighted by Gasteiger charge is 2.28. The number of amides is 1. The van der Waals surface area contributed by atoms with Gasteiger partial charge in [0.1, 0.15) is 0 Å². The van der Waals surface area contributed by atoms with Crippen molar-refractivity contribution in [1.82, 2.24) is 5.32 Å². The third kappa shape index (κ3) is 4.31. The Bertz CT molecular complexity index is 686. The molecule has 3 N–H and O–H groups in total. The fraction of sp³-hybridized carbons (Fsp3) is 0.400. The Morgan fingerprint density at radius 1 is 1.38 bits per heavy atom. The first-order valence-electron chi connectivity index (χ1n) is 6.78. The molecule has 1 unspecified atom stereocenters. The lowest BCUT2D eigenvalue weighted by atomic mass is 10.1. The smallest absolute Gasteiger partial charge is 0.252 e. The summed E-state index contributed by atoms with van der Waals surface area (Å²) in [6.45, 7) is 0.604. The van der Waals surface area contributed by atoms with Crippen LogP contribution in [0.15, 0.2) is 24.3 Å². The number of carbonyl (C=O) groups excluding carboxylic acids is 1. The van der Waals surface area contributed by atoms with Crippen LogP contribution in [-0.4, -0.2) is 38.9 Å². The quantitative estimate of drug-likeness (QED) is 0.779. The lowest BCUT2D eigenvalue weighted by Crippen LogP contribution is -2.30. The molecule has 0 aromatic heterocycles. The van der Waals surface area contributed by atoms with Crippen molar-refractivity contribution in [2.24, 2.45) is 11.7 Å². The summed E-state index contributed by atoms with van der Waals surface area (Å²) in [5.41, 5.74) is 6.45. The Morgan fingerprint density at radius 3 is 2.81 bits per heavy atom. The molecule has 1 aromatic rings. The predicted molar refractivity (Wildman–Crippen MR) is 81.5 cm³/mol. The Hall–Kier alpha value is -1.84. The fourth-order valence-corrected chi connectivity index (χ4v) is 4.16. The standard InChI is InChI=1S/C15H18N2O3S/c16-8-3-5-13-4-1-2-6-14(13)15(18)17-10-12-7-9-21(19,20)11-12/h1-2,4,6,12H,7-11,16H2,(H,17,18). The van der Waals surface area contributed by atoms with E-state index in [1.165, 1.54) is 0 Å². The van der Waals surface area contributed by atoms with Crippen molar-refractivity contribution < 1.29 is 13.2 Å². The number of hydrogen-bond acceptors (Lipinski definition) is 4. The van der Waals surface area contributed by atoms with Gasteiger partial charge in [0.2, 0.25) is 0 Å². The van der Waals surface area contributed by atoms with Crippen LogP contribution in [0.25, 0.3) is 0 Å². The first-order chi connectivity index (χ1) is 10.0. The van der Waals surface area contributed by atoms with Crippen LogP contribution in [0.3, 0.4) is 0 Å². The van der Waals surface area contributed by atoms with Crippen LogP contribution in [0.5, 0.6) is 0 Å². The maximum absolute atomic E-state index is 12.2. The Labute approximate surface area is 124 Å². The third-order valence-electron chi connectivity index (χ3n) is 3.37. The zero-order valence-electron chi connectivity index (χ0n) is 11.6. The number of carbonyl (C=O) groups is 1. The average molecular weight is 306 g/mol. The zero-order valence-corrected chi connectivity index (χ0v) is 12.4. The number of rotatable bonds is 3. The molecule has 1 amide bonds. The molecule has 5 nitrogen and oxygen atoms in total. The van der Waals surface area contributed by atoms with Crippen LogP contribution in [0.1, 0.15) is 22.3 Å². The van der Waals surface area contributed by atoms with Crippen molar-refractivity contribution in [3.8, 4) is 11.8 Å². The first-order valence-corrected chi connectivity index (χ1v) is 8.60. The molecule has 6 heteroatoms. The van der Waals surface area contributed by atoms with Gasteiger partial charge in [-0.3, -0.25) is 4.79 Å². The highest BCUT2D eigenvalue weighted by molar-refractivity contribution is 7.91. The molecule has 0 bridgehead atoms. The molecule has 1 aromatic carbocycles. The maximum atomic E-state index is 12.2. The van der Waals surface area contributed by atoms with Gasteiger partial charge in [-0.15, -0.1) is 0 Å². The van der Waals surface area contributed by atoms with Crippen molar-refractivity contribution in [3.05, 3.63) is 35.4 Å². The second kappa shape index (κ2) is 6.74. The Morgan fingerprint density at radius 2 is 2.14 bits per heavy atom. The van der Waals surface area contributed by atoms with Gasteiger partial charge in [0.25, 0.3) is 5.91 Å². The normalized spacial score (nSPS) is 19.6. The van der Waals surface area contributed by atoms with Crippen LogP contribution in [0.4, 0.5) is 0 Å². The molecule has 1 saturated heterocycles. The van der Waals surface area contributed by atoms with E-state index in [2.05, 4.69) is 17.2 Å². The minimum atomic E-state index is -2.92. The van der Waals surface area contributed by atoms with Crippen LogP contribution in [0.2, 0.25) is 0 Å². The second-order valence-electron chi connectivity index (χ2n) is 5.03. The molecular formula is C15H18N2O3S. The average Bonchev–Trinajstić information content (AvgIpc) is 2.82. The predicted octanol–water partition coefficient (Wildman–Crippen LogP) is 0.161. The van der Waals surface area contributed by atoms with E-state index >= 15 is 0 Å². The summed E-state index contributed by atoms with van der Waals surface area (Å²) >= 11 is 0. The number of nitrogens with two attached hydrogens (primary N) is 1. The summed E-state index contributed by atoms with van der Waals surface area (Å²) in [6, 6.07) is 7.03. The molecule has 112 valence electrons. The molecule has 0 radical (unpaired) electrons. The number of hydrogen-bond donors (Lipinski definition) is 2. The molecular weight excluding hydrogens is 288 g/mol. The lowest BCUT2D eigenvalue weighted by molar-refractivity contribution is 0.0948. The summed E-state index contributed by atoms with van der Waals surface area (Å²) in [5, 5.41) is 2.79. The number of nitrogens with one attached hydrogen (secondary N) is 1. The molecule has 1 fully saturated rings. The SMILES string of the molecule is NCC#Cc1ccccc1C(=O)NCC1CCS(=O)(=O)C1. The fourth-order valence-electron chi connectivity index (χ4n) is 2.30. The highest BCUT2D eigenvalue weighted by Crippen LogP contribution is 2.17. The van der Waals surface area contributed by atoms with Crippen LogP contribution in [0, 0.1) is 17.8 Å². The largest absolute Gasteiger partial charge is 0.352 e. The van der Waals surface area contributed by atoms with Gasteiger partial charge in [0.05, 0.1) is 23.6 Å². The van der Waals surface area contributed by atoms with Gasteiger partial charge in [-0.1, -0.05) is 24.0 Å². The van der Waals surface area contributed by atoms with E-state index in [0.29, 0.717) is 24.1 Å². The second-order valence-corrected chi connectivity index (χ2v) is 7.26. The van der Waals surface area contributed by atoms with Gasteiger partial charge in [0.15, 0.2) is 9.84 Å². The molecule has 0 saturated carbocycles. The summed E-state index contributed by atoms with van der Waals surface area (Å²) < 4.78 is 22.8. The van der Waals surface area contributed by atoms with Crippen LogP contribution in [-0.2, 0) is 9.84 Å². The van der Waals surface area contributed by atoms with Crippen molar-refractivity contribution in [2.45, 2.75) is 6.42 Å². The van der Waals surface area contributed by atoms with Gasteiger partial charge < -0.3 is 11.1 Å². The summed E-state index contributed by atoms with van der Waals surface area (Å²) in [4.78, 5) is 12.2. The molecule has 0 spiro atoms. The summed E-state index contributed by atoms with van der Waals surface area (Å²) in [7, 11) is -2.92. The van der Waals surface area contributed by atoms with Gasteiger partial charge in [-0.2, -0.15) is 0 Å². The van der Waals surface area contributed by atoms with E-state index in [4.69, 9.17) is 5.73 Å². The van der Waals surface area contributed by atoms with E-state index < -0.39 is 9.84 Å². The Balaban J connectivity index is 2.01. The number of benzene rings is 1. The van der Waals surface area contributed by atoms with Crippen molar-refractivity contribution in [1.29, 1.82) is 0 Å². The molecule has 1 aliphatic heterocycles. The first kappa shape index (κ1) is 15.5. The zero-order chi connectivity index (χ0) is 15.3. The molecule has 0 aliphatic carbocycles. The topological polar surface area (TPSA) is 89.3 Å². The summed E-state index contributed by atoms with van der Waals surface area (Å²) in [5.74, 6) is 5.72. The van der Waals surface area contributed by atoms with E-state index in [1.807, 2.05) is 0 Å². The summed E-state index contributed by atoms with van der Waals surface area (Å²) in [6.07, 6.45) is 0.608. The molecule has 2 rings (SSSR count). The lowest BCUT2D eigenvalue weighted by Gasteiger charge is -2.10. The van der Waals surface area contributed by atoms with E-state index in [0.717, 1.165) is 0 Å². The van der Waals surface area contributed by atoms with Gasteiger partial charge in [-0.25, -0.2) is 8.42 Å². The van der Waals surface area contributed by atoms with Gasteiger partial charge in [-0.05, 0) is 24.5 Å². The van der Waals surface area contributed by atoms with E-state index in [9.17, 15) is 13.2 Å². The van der Waals surface area contributed by atoms with Crippen molar-refractivity contribution >= 4 is 15.7 Å². The molecule has 1 atom stereocenters. The minimum absolute atomic E-state index is 0.00115. The van der Waals surface area contributed by atoms with Crippen LogP contribution >= 0.6 is 0 Å². The highest BCUT2D eigenvalue weighted by atomic mass is 32.2. The number of sulfone groups is 1. The molecule has 1 aliphatic rings. The molecule has 21 heavy (non-hydrogen) atoms. The monoisotopic (exact) mass is 306 g/mol. The van der Waals surface area contributed by atoms with Crippen molar-refractivity contribution in [3.63, 3.8) is 0 Å². The molecule has 1 heterocycles. The maximum Gasteiger partial charge on any atom is 0.252 e. The van der Waals surface area contributed by atoms with E-state index in [-0.39, 0.29) is 29.9 Å². The van der Waals surface area contributed by atoms with Gasteiger partial charge in [0, 0.05) is 12.1 Å². The van der Waals surface area contributed by atoms with Gasteiger partial charge >= 0.3 is 0 Å².